The second-order valence-corrected chi connectivity index (χ2v) is 5.82. The molecule has 2 nitrogen and oxygen atoms in total. The van der Waals surface area contributed by atoms with Gasteiger partial charge >= 0.3 is 0 Å². The van der Waals surface area contributed by atoms with Crippen LogP contribution in [0.4, 0.5) is 0 Å². The molecule has 2 heterocycles. The lowest BCUT2D eigenvalue weighted by Crippen LogP contribution is -2.21. The Kier molecular flexibility index (Phi) is 3.92. The molecule has 2 aromatic heterocycles. The number of hydrogen-bond donors (Lipinski definition) is 1. The summed E-state index contributed by atoms with van der Waals surface area (Å²) in [5.41, 5.74) is 2.45. The van der Waals surface area contributed by atoms with Crippen LogP contribution in [0.3, 0.4) is 0 Å². The molecule has 0 spiro atoms. The van der Waals surface area contributed by atoms with E-state index in [2.05, 4.69) is 49.3 Å². The Labute approximate surface area is 107 Å². The Morgan fingerprint density at radius 3 is 2.76 bits per heavy atom. The third-order valence-electron chi connectivity index (χ3n) is 2.53. The molecule has 2 rings (SSSR count). The fourth-order valence-electron chi connectivity index (χ4n) is 1.63. The number of aryl methyl sites for hydroxylation is 1. The van der Waals surface area contributed by atoms with Crippen molar-refractivity contribution in [3.05, 3.63) is 41.0 Å². The van der Waals surface area contributed by atoms with E-state index in [0.29, 0.717) is 6.04 Å². The standard InChI is InChI=1S/C14H18N2S/c1-10(2)16-8-12-6-13(9-15-7-12)14-5-4-11(3)17-14/h4-7,9-10,16H,8H2,1-3H3. The van der Waals surface area contributed by atoms with Gasteiger partial charge in [0.15, 0.2) is 0 Å². The molecule has 0 atom stereocenters. The molecule has 0 amide bonds. The van der Waals surface area contributed by atoms with Gasteiger partial charge in [0.05, 0.1) is 0 Å². The highest BCUT2D eigenvalue weighted by Gasteiger charge is 2.03. The summed E-state index contributed by atoms with van der Waals surface area (Å²) < 4.78 is 0. The number of aromatic nitrogens is 1. The quantitative estimate of drug-likeness (QED) is 0.891. The number of thiophene rings is 1. The van der Waals surface area contributed by atoms with Crippen LogP contribution in [0.25, 0.3) is 10.4 Å². The van der Waals surface area contributed by atoms with E-state index in [1.807, 2.05) is 23.7 Å². The van der Waals surface area contributed by atoms with Gasteiger partial charge in [0.2, 0.25) is 0 Å². The molecule has 2 aromatic rings. The number of hydrogen-bond acceptors (Lipinski definition) is 3. The lowest BCUT2D eigenvalue weighted by molar-refractivity contribution is 0.588. The molecule has 0 bridgehead atoms. The number of nitrogens with one attached hydrogen (secondary N) is 1. The maximum atomic E-state index is 4.31. The van der Waals surface area contributed by atoms with Crippen molar-refractivity contribution in [2.45, 2.75) is 33.4 Å². The fourth-order valence-corrected chi connectivity index (χ4v) is 2.48. The van der Waals surface area contributed by atoms with Crippen molar-refractivity contribution < 1.29 is 0 Å². The second-order valence-electron chi connectivity index (χ2n) is 4.53. The zero-order valence-corrected chi connectivity index (χ0v) is 11.3. The summed E-state index contributed by atoms with van der Waals surface area (Å²) in [7, 11) is 0. The van der Waals surface area contributed by atoms with Gasteiger partial charge in [-0.15, -0.1) is 11.3 Å². The van der Waals surface area contributed by atoms with E-state index in [0.717, 1.165) is 6.54 Å². The first kappa shape index (κ1) is 12.3. The van der Waals surface area contributed by atoms with Crippen molar-refractivity contribution in [2.75, 3.05) is 0 Å². The molecule has 3 heteroatoms. The molecule has 0 aliphatic heterocycles. The molecule has 0 radical (unpaired) electrons. The Morgan fingerprint density at radius 1 is 1.29 bits per heavy atom. The molecule has 0 saturated heterocycles. The van der Waals surface area contributed by atoms with Crippen LogP contribution >= 0.6 is 11.3 Å². The van der Waals surface area contributed by atoms with E-state index in [-0.39, 0.29) is 0 Å². The predicted molar refractivity (Wildman–Crippen MR) is 74.3 cm³/mol. The van der Waals surface area contributed by atoms with Gasteiger partial charge in [0.25, 0.3) is 0 Å². The SMILES string of the molecule is Cc1ccc(-c2cncc(CNC(C)C)c2)s1. The highest BCUT2D eigenvalue weighted by molar-refractivity contribution is 7.15. The second kappa shape index (κ2) is 5.43. The number of nitrogens with zero attached hydrogens (tertiary/aromatic N) is 1. The Balaban J connectivity index is 2.16. The van der Waals surface area contributed by atoms with Gasteiger partial charge in [-0.2, -0.15) is 0 Å². The van der Waals surface area contributed by atoms with Crippen molar-refractivity contribution in [1.82, 2.24) is 10.3 Å². The van der Waals surface area contributed by atoms with E-state index in [4.69, 9.17) is 0 Å². The zero-order chi connectivity index (χ0) is 12.3. The minimum Gasteiger partial charge on any atom is -0.310 e. The maximum Gasteiger partial charge on any atom is 0.0361 e. The first-order valence-electron chi connectivity index (χ1n) is 5.89. The first-order valence-corrected chi connectivity index (χ1v) is 6.71. The van der Waals surface area contributed by atoms with Crippen LogP contribution in [0.5, 0.6) is 0 Å². The maximum absolute atomic E-state index is 4.31. The van der Waals surface area contributed by atoms with Crippen molar-refractivity contribution in [3.8, 4) is 10.4 Å². The Hall–Kier alpha value is -1.19. The van der Waals surface area contributed by atoms with Crippen molar-refractivity contribution in [2.24, 2.45) is 0 Å². The van der Waals surface area contributed by atoms with Gasteiger partial charge in [-0.3, -0.25) is 4.98 Å². The van der Waals surface area contributed by atoms with Gasteiger partial charge in [-0.05, 0) is 30.7 Å². The topological polar surface area (TPSA) is 24.9 Å². The molecular formula is C14H18N2S. The summed E-state index contributed by atoms with van der Waals surface area (Å²) in [4.78, 5) is 6.95. The molecule has 1 N–H and O–H groups in total. The van der Waals surface area contributed by atoms with Crippen molar-refractivity contribution in [1.29, 1.82) is 0 Å². The van der Waals surface area contributed by atoms with E-state index in [9.17, 15) is 0 Å². The van der Waals surface area contributed by atoms with E-state index in [1.165, 1.54) is 20.9 Å². The van der Waals surface area contributed by atoms with Crippen LogP contribution in [0.1, 0.15) is 24.3 Å². The molecular weight excluding hydrogens is 228 g/mol. The first-order chi connectivity index (χ1) is 8.15. The monoisotopic (exact) mass is 246 g/mol. The highest BCUT2D eigenvalue weighted by atomic mass is 32.1. The summed E-state index contributed by atoms with van der Waals surface area (Å²) in [5, 5.41) is 3.41. The minimum atomic E-state index is 0.502. The summed E-state index contributed by atoms with van der Waals surface area (Å²) in [5.74, 6) is 0. The molecule has 0 aromatic carbocycles. The van der Waals surface area contributed by atoms with Gasteiger partial charge in [-0.25, -0.2) is 0 Å². The van der Waals surface area contributed by atoms with Crippen LogP contribution in [-0.4, -0.2) is 11.0 Å². The van der Waals surface area contributed by atoms with E-state index < -0.39 is 0 Å². The molecule has 0 aliphatic rings. The van der Waals surface area contributed by atoms with Crippen LogP contribution in [0.2, 0.25) is 0 Å². The van der Waals surface area contributed by atoms with Crippen LogP contribution in [0.15, 0.2) is 30.6 Å². The minimum absolute atomic E-state index is 0.502. The fraction of sp³-hybridized carbons (Fsp3) is 0.357. The summed E-state index contributed by atoms with van der Waals surface area (Å²) in [6.45, 7) is 7.31. The average molecular weight is 246 g/mol. The lowest BCUT2D eigenvalue weighted by atomic mass is 10.1. The molecule has 0 saturated carbocycles. The smallest absolute Gasteiger partial charge is 0.0361 e. The third-order valence-corrected chi connectivity index (χ3v) is 3.58. The van der Waals surface area contributed by atoms with Crippen molar-refractivity contribution in [3.63, 3.8) is 0 Å². The summed E-state index contributed by atoms with van der Waals surface area (Å²) in [6.07, 6.45) is 3.86. The van der Waals surface area contributed by atoms with Gasteiger partial charge in [-0.1, -0.05) is 13.8 Å². The summed E-state index contributed by atoms with van der Waals surface area (Å²) >= 11 is 1.81. The molecule has 90 valence electrons. The van der Waals surface area contributed by atoms with Gasteiger partial charge in [0, 0.05) is 40.3 Å². The average Bonchev–Trinajstić information content (AvgIpc) is 2.74. The third kappa shape index (κ3) is 3.38. The highest BCUT2D eigenvalue weighted by Crippen LogP contribution is 2.27. The molecule has 0 aliphatic carbocycles. The van der Waals surface area contributed by atoms with E-state index >= 15 is 0 Å². The Morgan fingerprint density at radius 2 is 2.12 bits per heavy atom. The van der Waals surface area contributed by atoms with Crippen LogP contribution in [0, 0.1) is 6.92 Å². The normalized spacial score (nSPS) is 11.1. The van der Waals surface area contributed by atoms with Crippen LogP contribution < -0.4 is 5.32 Å². The molecule has 17 heavy (non-hydrogen) atoms. The zero-order valence-electron chi connectivity index (χ0n) is 10.5. The summed E-state index contributed by atoms with van der Waals surface area (Å²) in [6, 6.07) is 7.03. The van der Waals surface area contributed by atoms with Gasteiger partial charge in [0.1, 0.15) is 0 Å². The Bertz CT molecular complexity index is 488. The van der Waals surface area contributed by atoms with Gasteiger partial charge < -0.3 is 5.32 Å². The molecule has 0 unspecified atom stereocenters. The predicted octanol–water partition coefficient (Wildman–Crippen LogP) is 3.62. The van der Waals surface area contributed by atoms with Crippen LogP contribution in [-0.2, 0) is 6.54 Å². The largest absolute Gasteiger partial charge is 0.310 e. The number of pyridine rings is 1. The number of rotatable bonds is 4. The van der Waals surface area contributed by atoms with Crippen molar-refractivity contribution >= 4 is 11.3 Å². The van der Waals surface area contributed by atoms with E-state index in [1.54, 1.807) is 0 Å². The lowest BCUT2D eigenvalue weighted by Gasteiger charge is -2.08. The molecule has 0 fully saturated rings.